The Kier molecular flexibility index (Phi) is 5.34. The lowest BCUT2D eigenvalue weighted by Crippen LogP contribution is -2.30. The van der Waals surface area contributed by atoms with Crippen LogP contribution in [0.2, 0.25) is 0 Å². The number of methoxy groups -OCH3 is 1. The average molecular weight is 302 g/mol. The Hall–Kier alpha value is -1.43. The first-order valence-electron chi connectivity index (χ1n) is 6.74. The zero-order valence-electron chi connectivity index (χ0n) is 12.5. The molecule has 0 bridgehead atoms. The van der Waals surface area contributed by atoms with Crippen molar-refractivity contribution < 1.29 is 14.8 Å². The molecule has 0 fully saturated rings. The maximum Gasteiger partial charge on any atom is 0.488 e. The standard InChI is InChI=1S/C16H19BO3S/c1-11-4-6-15(8-12(11)2)21-10-13-9-14(17(18)19)5-7-16(13)20-3/h4-9,18-19H,10H2,1-3H3. The van der Waals surface area contributed by atoms with E-state index in [4.69, 9.17) is 4.74 Å². The molecule has 0 aromatic heterocycles. The van der Waals surface area contributed by atoms with E-state index in [9.17, 15) is 10.0 Å². The van der Waals surface area contributed by atoms with Crippen LogP contribution in [0.1, 0.15) is 16.7 Å². The van der Waals surface area contributed by atoms with Gasteiger partial charge in [-0.25, -0.2) is 0 Å². The van der Waals surface area contributed by atoms with Crippen LogP contribution in [-0.2, 0) is 5.75 Å². The Morgan fingerprint density at radius 2 is 1.81 bits per heavy atom. The van der Waals surface area contributed by atoms with E-state index in [0.717, 1.165) is 11.3 Å². The van der Waals surface area contributed by atoms with Gasteiger partial charge in [0.05, 0.1) is 7.11 Å². The van der Waals surface area contributed by atoms with Gasteiger partial charge < -0.3 is 14.8 Å². The van der Waals surface area contributed by atoms with Gasteiger partial charge in [0, 0.05) is 16.2 Å². The van der Waals surface area contributed by atoms with E-state index in [0.29, 0.717) is 11.2 Å². The van der Waals surface area contributed by atoms with Gasteiger partial charge >= 0.3 is 7.12 Å². The predicted octanol–water partition coefficient (Wildman–Crippen LogP) is 2.28. The molecular weight excluding hydrogens is 283 g/mol. The zero-order chi connectivity index (χ0) is 15.4. The molecule has 0 heterocycles. The molecule has 0 unspecified atom stereocenters. The van der Waals surface area contributed by atoms with Crippen molar-refractivity contribution in [2.24, 2.45) is 0 Å². The van der Waals surface area contributed by atoms with E-state index in [1.54, 1.807) is 37.1 Å². The third kappa shape index (κ3) is 4.03. The van der Waals surface area contributed by atoms with Crippen LogP contribution in [0.15, 0.2) is 41.3 Å². The monoisotopic (exact) mass is 302 g/mol. The molecule has 21 heavy (non-hydrogen) atoms. The Bertz CT molecular complexity index is 629. The van der Waals surface area contributed by atoms with Gasteiger partial charge in [0.15, 0.2) is 0 Å². The molecule has 0 aliphatic heterocycles. The molecule has 0 saturated heterocycles. The third-order valence-corrected chi connectivity index (χ3v) is 4.52. The number of thioether (sulfide) groups is 1. The summed E-state index contributed by atoms with van der Waals surface area (Å²) in [6.45, 7) is 4.20. The molecular formula is C16H19BO3S. The number of rotatable bonds is 5. The molecule has 0 radical (unpaired) electrons. The molecule has 2 N–H and O–H groups in total. The molecule has 3 nitrogen and oxygen atoms in total. The highest BCUT2D eigenvalue weighted by Gasteiger charge is 2.14. The maximum atomic E-state index is 9.27. The van der Waals surface area contributed by atoms with Gasteiger partial charge in [0.2, 0.25) is 0 Å². The molecule has 0 atom stereocenters. The lowest BCUT2D eigenvalue weighted by Gasteiger charge is -2.11. The number of ether oxygens (including phenoxy) is 1. The minimum Gasteiger partial charge on any atom is -0.496 e. The molecule has 0 aliphatic carbocycles. The number of hydrogen-bond donors (Lipinski definition) is 2. The van der Waals surface area contributed by atoms with Crippen molar-refractivity contribution in [2.75, 3.05) is 7.11 Å². The van der Waals surface area contributed by atoms with Crippen molar-refractivity contribution >= 4 is 24.3 Å². The first kappa shape index (κ1) is 16.0. The molecule has 0 spiro atoms. The summed E-state index contributed by atoms with van der Waals surface area (Å²) in [6.07, 6.45) is 0. The van der Waals surface area contributed by atoms with Crippen molar-refractivity contribution in [3.05, 3.63) is 53.1 Å². The van der Waals surface area contributed by atoms with Gasteiger partial charge in [-0.3, -0.25) is 0 Å². The normalized spacial score (nSPS) is 10.5. The Morgan fingerprint density at radius 3 is 2.43 bits per heavy atom. The van der Waals surface area contributed by atoms with Crippen molar-refractivity contribution in [3.63, 3.8) is 0 Å². The van der Waals surface area contributed by atoms with E-state index >= 15 is 0 Å². The highest BCUT2D eigenvalue weighted by atomic mass is 32.2. The van der Waals surface area contributed by atoms with Crippen LogP contribution in [0.5, 0.6) is 5.75 Å². The fourth-order valence-corrected chi connectivity index (χ4v) is 3.01. The lowest BCUT2D eigenvalue weighted by atomic mass is 9.79. The SMILES string of the molecule is COc1ccc(B(O)O)cc1CSc1ccc(C)c(C)c1. The Balaban J connectivity index is 2.17. The molecule has 110 valence electrons. The van der Waals surface area contributed by atoms with Crippen molar-refractivity contribution in [1.82, 2.24) is 0 Å². The van der Waals surface area contributed by atoms with Crippen molar-refractivity contribution in [1.29, 1.82) is 0 Å². The third-order valence-electron chi connectivity index (χ3n) is 3.48. The summed E-state index contributed by atoms with van der Waals surface area (Å²) in [5.41, 5.74) is 3.98. The smallest absolute Gasteiger partial charge is 0.488 e. The quantitative estimate of drug-likeness (QED) is 0.657. The van der Waals surface area contributed by atoms with Gasteiger partial charge in [-0.15, -0.1) is 11.8 Å². The van der Waals surface area contributed by atoms with Crippen LogP contribution >= 0.6 is 11.8 Å². The largest absolute Gasteiger partial charge is 0.496 e. The van der Waals surface area contributed by atoms with Crippen LogP contribution < -0.4 is 10.2 Å². The summed E-state index contributed by atoms with van der Waals surface area (Å²) >= 11 is 1.70. The van der Waals surface area contributed by atoms with Gasteiger partial charge in [-0.1, -0.05) is 18.2 Å². The van der Waals surface area contributed by atoms with Gasteiger partial charge in [0.1, 0.15) is 5.75 Å². The number of benzene rings is 2. The van der Waals surface area contributed by atoms with E-state index in [1.807, 2.05) is 0 Å². The predicted molar refractivity (Wildman–Crippen MR) is 88.3 cm³/mol. The topological polar surface area (TPSA) is 49.7 Å². The molecule has 0 aliphatic rings. The van der Waals surface area contributed by atoms with E-state index in [2.05, 4.69) is 32.0 Å². The first-order valence-corrected chi connectivity index (χ1v) is 7.73. The first-order chi connectivity index (χ1) is 10.0. The molecule has 2 aromatic carbocycles. The Labute approximate surface area is 130 Å². The summed E-state index contributed by atoms with van der Waals surface area (Å²) in [7, 11) is 0.162. The highest BCUT2D eigenvalue weighted by Crippen LogP contribution is 2.28. The van der Waals surface area contributed by atoms with Crippen molar-refractivity contribution in [3.8, 4) is 5.75 Å². The van der Waals surface area contributed by atoms with Crippen LogP contribution in [0.3, 0.4) is 0 Å². The number of aryl methyl sites for hydroxylation is 2. The minimum atomic E-state index is -1.46. The molecule has 0 saturated carbocycles. The fourth-order valence-electron chi connectivity index (χ4n) is 2.04. The summed E-state index contributed by atoms with van der Waals surface area (Å²) in [6, 6.07) is 11.6. The van der Waals surface area contributed by atoms with Crippen LogP contribution in [0.25, 0.3) is 0 Å². The second-order valence-corrected chi connectivity index (χ2v) is 6.03. The van der Waals surface area contributed by atoms with Crippen LogP contribution in [0.4, 0.5) is 0 Å². The second-order valence-electron chi connectivity index (χ2n) is 4.98. The van der Waals surface area contributed by atoms with E-state index in [-0.39, 0.29) is 0 Å². The molecule has 5 heteroatoms. The summed E-state index contributed by atoms with van der Waals surface area (Å²) in [4.78, 5) is 1.19. The van der Waals surface area contributed by atoms with E-state index in [1.165, 1.54) is 16.0 Å². The lowest BCUT2D eigenvalue weighted by molar-refractivity contribution is 0.410. The molecule has 2 rings (SSSR count). The van der Waals surface area contributed by atoms with E-state index < -0.39 is 7.12 Å². The van der Waals surface area contributed by atoms with Gasteiger partial charge in [0.25, 0.3) is 0 Å². The van der Waals surface area contributed by atoms with Crippen LogP contribution in [-0.4, -0.2) is 24.3 Å². The minimum absolute atomic E-state index is 0.478. The zero-order valence-corrected chi connectivity index (χ0v) is 13.3. The summed E-state index contributed by atoms with van der Waals surface area (Å²) in [5, 5.41) is 18.5. The van der Waals surface area contributed by atoms with Crippen molar-refractivity contribution in [2.45, 2.75) is 24.5 Å². The van der Waals surface area contributed by atoms with Gasteiger partial charge in [-0.2, -0.15) is 0 Å². The molecule has 0 amide bonds. The van der Waals surface area contributed by atoms with Crippen LogP contribution in [0, 0.1) is 13.8 Å². The fraction of sp³-hybridized carbons (Fsp3) is 0.250. The highest BCUT2D eigenvalue weighted by molar-refractivity contribution is 7.98. The number of hydrogen-bond acceptors (Lipinski definition) is 4. The Morgan fingerprint density at radius 1 is 1.05 bits per heavy atom. The second kappa shape index (κ2) is 7.03. The summed E-state index contributed by atoms with van der Waals surface area (Å²) in [5.74, 6) is 1.47. The summed E-state index contributed by atoms with van der Waals surface area (Å²) < 4.78 is 5.33. The molecule has 2 aromatic rings. The average Bonchev–Trinajstić information content (AvgIpc) is 2.48. The van der Waals surface area contributed by atoms with Gasteiger partial charge in [-0.05, 0) is 48.6 Å². The maximum absolute atomic E-state index is 9.27.